The number of fused-ring (bicyclic) bond motifs is 1. The normalized spacial score (nSPS) is 17.4. The fraction of sp³-hybridized carbons (Fsp3) is 0.417. The highest BCUT2D eigenvalue weighted by atomic mass is 35.5. The Morgan fingerprint density at radius 1 is 1.42 bits per heavy atom. The van der Waals surface area contributed by atoms with Gasteiger partial charge in [-0.2, -0.15) is 0 Å². The molecule has 0 bridgehead atoms. The van der Waals surface area contributed by atoms with Gasteiger partial charge >= 0.3 is 0 Å². The molecular weight excluding hydrogens is 284 g/mol. The second-order valence-electron chi connectivity index (χ2n) is 4.60. The van der Waals surface area contributed by atoms with Crippen molar-refractivity contribution in [1.29, 1.82) is 0 Å². The molecule has 7 heteroatoms. The zero-order valence-corrected chi connectivity index (χ0v) is 12.0. The lowest BCUT2D eigenvalue weighted by molar-refractivity contribution is -0.134. The van der Waals surface area contributed by atoms with Gasteiger partial charge in [-0.3, -0.25) is 9.69 Å². The largest absolute Gasteiger partial charge is 0.343 e. The van der Waals surface area contributed by atoms with E-state index in [0.717, 1.165) is 23.3 Å². The predicted octanol–water partition coefficient (Wildman–Crippen LogP) is 1.62. The number of likely N-dealkylation sites (N-methyl/N-ethyl adjacent to an activating group) is 1. The predicted molar refractivity (Wildman–Crippen MR) is 75.3 cm³/mol. The summed E-state index contributed by atoms with van der Waals surface area (Å²) in [5.74, 6) is 0.812. The van der Waals surface area contributed by atoms with Crippen LogP contribution in [0.15, 0.2) is 11.4 Å². The molecule has 1 aliphatic heterocycles. The number of piperazine rings is 1. The Labute approximate surface area is 119 Å². The Hall–Kier alpha value is -1.24. The van der Waals surface area contributed by atoms with Gasteiger partial charge in [-0.15, -0.1) is 11.3 Å². The van der Waals surface area contributed by atoms with Crippen LogP contribution in [0.3, 0.4) is 0 Å². The molecular formula is C12H13ClN4OS. The first kappa shape index (κ1) is 12.8. The number of thiophene rings is 1. The summed E-state index contributed by atoms with van der Waals surface area (Å²) in [6, 6.07) is 1.92. The van der Waals surface area contributed by atoms with Gasteiger partial charge in [-0.25, -0.2) is 9.97 Å². The SMILES string of the molecule is CN1CCN(Cc2nc(Cl)c3ccsc3n2)CC1=O. The first-order chi connectivity index (χ1) is 9.13. The van der Waals surface area contributed by atoms with Gasteiger partial charge in [0.15, 0.2) is 0 Å². The molecule has 0 N–H and O–H groups in total. The van der Waals surface area contributed by atoms with Crippen molar-refractivity contribution in [2.75, 3.05) is 26.7 Å². The van der Waals surface area contributed by atoms with Crippen molar-refractivity contribution in [2.45, 2.75) is 6.54 Å². The number of nitrogens with zero attached hydrogens (tertiary/aromatic N) is 4. The van der Waals surface area contributed by atoms with Gasteiger partial charge in [0.2, 0.25) is 5.91 Å². The van der Waals surface area contributed by atoms with Crippen LogP contribution in [0.1, 0.15) is 5.82 Å². The van der Waals surface area contributed by atoms with E-state index in [1.807, 2.05) is 23.4 Å². The van der Waals surface area contributed by atoms with Crippen LogP contribution >= 0.6 is 22.9 Å². The molecule has 5 nitrogen and oxygen atoms in total. The highest BCUT2D eigenvalue weighted by Crippen LogP contribution is 2.25. The average Bonchev–Trinajstić information content (AvgIpc) is 2.82. The summed E-state index contributed by atoms with van der Waals surface area (Å²) in [6.07, 6.45) is 0. The molecule has 2 aromatic heterocycles. The Morgan fingerprint density at radius 3 is 3.05 bits per heavy atom. The fourth-order valence-electron chi connectivity index (χ4n) is 2.07. The number of hydrogen-bond donors (Lipinski definition) is 0. The second kappa shape index (κ2) is 5.03. The minimum atomic E-state index is 0.134. The highest BCUT2D eigenvalue weighted by molar-refractivity contribution is 7.16. The van der Waals surface area contributed by atoms with Crippen molar-refractivity contribution in [1.82, 2.24) is 19.8 Å². The first-order valence-electron chi connectivity index (χ1n) is 5.99. The van der Waals surface area contributed by atoms with Crippen molar-refractivity contribution in [3.05, 3.63) is 22.4 Å². The molecule has 0 saturated carbocycles. The summed E-state index contributed by atoms with van der Waals surface area (Å²) in [5, 5.41) is 3.33. The number of aromatic nitrogens is 2. The summed E-state index contributed by atoms with van der Waals surface area (Å²) in [6.45, 7) is 2.56. The van der Waals surface area contributed by atoms with E-state index in [1.165, 1.54) is 0 Å². The molecule has 0 radical (unpaired) electrons. The van der Waals surface area contributed by atoms with E-state index in [9.17, 15) is 4.79 Å². The van der Waals surface area contributed by atoms with Gasteiger partial charge in [-0.05, 0) is 11.4 Å². The fourth-order valence-corrected chi connectivity index (χ4v) is 3.16. The second-order valence-corrected chi connectivity index (χ2v) is 5.85. The number of carbonyl (C=O) groups is 1. The van der Waals surface area contributed by atoms with Crippen molar-refractivity contribution in [3.8, 4) is 0 Å². The topological polar surface area (TPSA) is 49.3 Å². The van der Waals surface area contributed by atoms with Crippen LogP contribution in [-0.4, -0.2) is 52.4 Å². The van der Waals surface area contributed by atoms with Crippen molar-refractivity contribution < 1.29 is 4.79 Å². The van der Waals surface area contributed by atoms with E-state index in [0.29, 0.717) is 24.1 Å². The van der Waals surface area contributed by atoms with Gasteiger partial charge < -0.3 is 4.90 Å². The molecule has 0 aliphatic carbocycles. The molecule has 1 aliphatic rings. The zero-order chi connectivity index (χ0) is 13.4. The van der Waals surface area contributed by atoms with Crippen LogP contribution in [0.25, 0.3) is 10.2 Å². The lowest BCUT2D eigenvalue weighted by atomic mass is 10.3. The van der Waals surface area contributed by atoms with Crippen LogP contribution in [0.4, 0.5) is 0 Å². The third-order valence-electron chi connectivity index (χ3n) is 3.23. The Balaban J connectivity index is 1.79. The van der Waals surface area contributed by atoms with Crippen LogP contribution in [0, 0.1) is 0 Å². The maximum atomic E-state index is 11.7. The Morgan fingerprint density at radius 2 is 2.26 bits per heavy atom. The molecule has 1 amide bonds. The van der Waals surface area contributed by atoms with Crippen molar-refractivity contribution >= 4 is 39.1 Å². The van der Waals surface area contributed by atoms with E-state index in [4.69, 9.17) is 11.6 Å². The van der Waals surface area contributed by atoms with E-state index in [1.54, 1.807) is 16.2 Å². The van der Waals surface area contributed by atoms with E-state index < -0.39 is 0 Å². The lowest BCUT2D eigenvalue weighted by Crippen LogP contribution is -2.48. The van der Waals surface area contributed by atoms with Gasteiger partial charge in [0.05, 0.1) is 13.1 Å². The summed E-state index contributed by atoms with van der Waals surface area (Å²) >= 11 is 7.68. The standard InChI is InChI=1S/C12H13ClN4OS/c1-16-3-4-17(7-10(16)18)6-9-14-11(13)8-2-5-19-12(8)15-9/h2,5H,3-4,6-7H2,1H3. The van der Waals surface area contributed by atoms with Crippen molar-refractivity contribution in [2.24, 2.45) is 0 Å². The average molecular weight is 297 g/mol. The summed E-state index contributed by atoms with van der Waals surface area (Å²) in [5.41, 5.74) is 0. The highest BCUT2D eigenvalue weighted by Gasteiger charge is 2.22. The number of hydrogen-bond acceptors (Lipinski definition) is 5. The summed E-state index contributed by atoms with van der Waals surface area (Å²) < 4.78 is 0. The molecule has 2 aromatic rings. The summed E-state index contributed by atoms with van der Waals surface area (Å²) in [4.78, 5) is 25.1. The van der Waals surface area contributed by atoms with Crippen LogP contribution in [-0.2, 0) is 11.3 Å². The lowest BCUT2D eigenvalue weighted by Gasteiger charge is -2.31. The van der Waals surface area contributed by atoms with Crippen LogP contribution in [0.5, 0.6) is 0 Å². The molecule has 1 fully saturated rings. The third kappa shape index (κ3) is 2.56. The monoisotopic (exact) mass is 296 g/mol. The molecule has 3 heterocycles. The van der Waals surface area contributed by atoms with Crippen molar-refractivity contribution in [3.63, 3.8) is 0 Å². The maximum Gasteiger partial charge on any atom is 0.236 e. The van der Waals surface area contributed by atoms with Crippen LogP contribution < -0.4 is 0 Å². The van der Waals surface area contributed by atoms with E-state index >= 15 is 0 Å². The molecule has 19 heavy (non-hydrogen) atoms. The third-order valence-corrected chi connectivity index (χ3v) is 4.32. The molecule has 0 unspecified atom stereocenters. The maximum absolute atomic E-state index is 11.7. The number of rotatable bonds is 2. The molecule has 0 atom stereocenters. The number of carbonyl (C=O) groups excluding carboxylic acids is 1. The van der Waals surface area contributed by atoms with Gasteiger partial charge in [0.1, 0.15) is 15.8 Å². The Bertz CT molecular complexity index is 629. The quantitative estimate of drug-likeness (QED) is 0.790. The van der Waals surface area contributed by atoms with E-state index in [-0.39, 0.29) is 5.91 Å². The molecule has 1 saturated heterocycles. The first-order valence-corrected chi connectivity index (χ1v) is 7.25. The van der Waals surface area contributed by atoms with Gasteiger partial charge in [-0.1, -0.05) is 11.6 Å². The van der Waals surface area contributed by atoms with Gasteiger partial charge in [0.25, 0.3) is 0 Å². The van der Waals surface area contributed by atoms with Gasteiger partial charge in [0, 0.05) is 25.5 Å². The Kier molecular flexibility index (Phi) is 3.38. The number of amides is 1. The minimum absolute atomic E-state index is 0.134. The zero-order valence-electron chi connectivity index (χ0n) is 10.5. The van der Waals surface area contributed by atoms with E-state index in [2.05, 4.69) is 9.97 Å². The molecule has 0 spiro atoms. The summed E-state index contributed by atoms with van der Waals surface area (Å²) in [7, 11) is 1.82. The number of halogens is 1. The molecule has 100 valence electrons. The van der Waals surface area contributed by atoms with Crippen LogP contribution in [0.2, 0.25) is 5.15 Å². The minimum Gasteiger partial charge on any atom is -0.343 e. The molecule has 0 aromatic carbocycles. The smallest absolute Gasteiger partial charge is 0.236 e. The molecule has 3 rings (SSSR count).